The van der Waals surface area contributed by atoms with Crippen LogP contribution in [-0.2, 0) is 4.79 Å². The first-order valence-corrected chi connectivity index (χ1v) is 6.73. The van der Waals surface area contributed by atoms with Gasteiger partial charge in [-0.3, -0.25) is 4.79 Å². The Morgan fingerprint density at radius 3 is 2.67 bits per heavy atom. The second-order valence-corrected chi connectivity index (χ2v) is 5.86. The van der Waals surface area contributed by atoms with Gasteiger partial charge in [0.2, 0.25) is 5.91 Å². The maximum Gasteiger partial charge on any atom is 0.226 e. The van der Waals surface area contributed by atoms with E-state index in [0.29, 0.717) is 23.1 Å². The molecule has 1 saturated heterocycles. The molecule has 3 rings (SSSR count). The lowest BCUT2D eigenvalue weighted by atomic mass is 10.1. The third-order valence-corrected chi connectivity index (χ3v) is 4.21. The van der Waals surface area contributed by atoms with Crippen molar-refractivity contribution in [1.82, 2.24) is 4.90 Å². The maximum atomic E-state index is 12.0. The number of nitrogens with zero attached hydrogens (tertiary/aromatic N) is 1. The number of β-amino-alcohol motifs (C(OH)–C–C–N with tert-alkyl or cyclic N) is 1. The van der Waals surface area contributed by atoms with Gasteiger partial charge in [0, 0.05) is 29.1 Å². The van der Waals surface area contributed by atoms with E-state index in [9.17, 15) is 9.90 Å². The van der Waals surface area contributed by atoms with E-state index in [-0.39, 0.29) is 23.8 Å². The highest BCUT2D eigenvalue weighted by atomic mass is 35.5. The average Bonchev–Trinajstić information content (AvgIpc) is 3.04. The summed E-state index contributed by atoms with van der Waals surface area (Å²) in [5, 5.41) is 10.4. The third-order valence-electron chi connectivity index (χ3n) is 3.64. The van der Waals surface area contributed by atoms with Crippen LogP contribution in [0.2, 0.25) is 10.0 Å². The van der Waals surface area contributed by atoms with Crippen molar-refractivity contribution in [3.63, 3.8) is 0 Å². The van der Waals surface area contributed by atoms with E-state index >= 15 is 0 Å². The lowest BCUT2D eigenvalue weighted by Gasteiger charge is -2.36. The number of likely N-dealkylation sites (tertiary alicyclic amines) is 1. The minimum atomic E-state index is -0.342. The summed E-state index contributed by atoms with van der Waals surface area (Å²) >= 11 is 12.0. The average molecular weight is 286 g/mol. The molecular weight excluding hydrogens is 273 g/mol. The molecule has 2 unspecified atom stereocenters. The van der Waals surface area contributed by atoms with Crippen molar-refractivity contribution in [2.45, 2.75) is 18.4 Å². The predicted octanol–water partition coefficient (Wildman–Crippen LogP) is 2.30. The van der Waals surface area contributed by atoms with Crippen LogP contribution in [0.25, 0.3) is 0 Å². The quantitative estimate of drug-likeness (QED) is 0.906. The third kappa shape index (κ3) is 2.11. The van der Waals surface area contributed by atoms with Gasteiger partial charge in [0.1, 0.15) is 0 Å². The predicted molar refractivity (Wildman–Crippen MR) is 69.9 cm³/mol. The monoisotopic (exact) mass is 285 g/mol. The number of carbonyl (C=O) groups is 1. The summed E-state index contributed by atoms with van der Waals surface area (Å²) < 4.78 is 0. The van der Waals surface area contributed by atoms with Crippen molar-refractivity contribution in [2.75, 3.05) is 13.1 Å². The van der Waals surface area contributed by atoms with Gasteiger partial charge in [0.25, 0.3) is 0 Å². The summed E-state index contributed by atoms with van der Waals surface area (Å²) in [5.41, 5.74) is 1.00. The van der Waals surface area contributed by atoms with Crippen molar-refractivity contribution in [3.8, 4) is 0 Å². The molecule has 1 saturated carbocycles. The van der Waals surface area contributed by atoms with E-state index < -0.39 is 0 Å². The number of hydrogen-bond donors (Lipinski definition) is 1. The number of hydrogen-bond acceptors (Lipinski definition) is 2. The fourth-order valence-corrected chi connectivity index (χ4v) is 3.03. The van der Waals surface area contributed by atoms with Gasteiger partial charge in [-0.15, -0.1) is 0 Å². The summed E-state index contributed by atoms with van der Waals surface area (Å²) in [6.07, 6.45) is 0.498. The van der Waals surface area contributed by atoms with Gasteiger partial charge in [0.15, 0.2) is 0 Å². The highest BCUT2D eigenvalue weighted by Crippen LogP contribution is 2.51. The van der Waals surface area contributed by atoms with Crippen LogP contribution in [-0.4, -0.2) is 35.1 Å². The number of rotatable bonds is 2. The maximum absolute atomic E-state index is 12.0. The van der Waals surface area contributed by atoms with Gasteiger partial charge in [-0.05, 0) is 30.0 Å². The van der Waals surface area contributed by atoms with Gasteiger partial charge in [-0.1, -0.05) is 29.3 Å². The van der Waals surface area contributed by atoms with Crippen molar-refractivity contribution in [3.05, 3.63) is 33.8 Å². The summed E-state index contributed by atoms with van der Waals surface area (Å²) in [4.78, 5) is 13.7. The zero-order valence-corrected chi connectivity index (χ0v) is 11.2. The highest BCUT2D eigenvalue weighted by Gasteiger charge is 2.48. The smallest absolute Gasteiger partial charge is 0.226 e. The molecule has 2 fully saturated rings. The Bertz CT molecular complexity index is 500. The van der Waals surface area contributed by atoms with Crippen LogP contribution < -0.4 is 0 Å². The zero-order valence-electron chi connectivity index (χ0n) is 9.64. The molecule has 0 bridgehead atoms. The first-order chi connectivity index (χ1) is 8.56. The fraction of sp³-hybridized carbons (Fsp3) is 0.462. The lowest BCUT2D eigenvalue weighted by molar-refractivity contribution is -0.142. The number of carbonyl (C=O) groups excluding carboxylic acids is 1. The van der Waals surface area contributed by atoms with Crippen LogP contribution in [0.15, 0.2) is 18.2 Å². The van der Waals surface area contributed by atoms with Crippen molar-refractivity contribution in [2.24, 2.45) is 5.92 Å². The number of aliphatic hydroxyl groups excluding tert-OH is 1. The second-order valence-electron chi connectivity index (χ2n) is 5.01. The molecule has 1 aliphatic carbocycles. The highest BCUT2D eigenvalue weighted by molar-refractivity contribution is 6.35. The molecule has 1 heterocycles. The van der Waals surface area contributed by atoms with Crippen LogP contribution >= 0.6 is 23.2 Å². The normalized spacial score (nSPS) is 26.9. The number of benzene rings is 1. The standard InChI is InChI=1S/C13H13Cl2NO2/c14-7-1-2-9(12(15)3-7)10-4-11(10)13(18)16-5-8(17)6-16/h1-3,8,10-11,17H,4-6H2. The fourth-order valence-electron chi connectivity index (χ4n) is 2.48. The Hall–Kier alpha value is -0.770. The van der Waals surface area contributed by atoms with E-state index in [4.69, 9.17) is 23.2 Å². The Labute approximate surface area is 115 Å². The SMILES string of the molecule is O=C(C1CC1c1ccc(Cl)cc1Cl)N1CC(O)C1. The molecular formula is C13H13Cl2NO2. The molecule has 2 aliphatic rings. The number of aliphatic hydroxyl groups is 1. The molecule has 96 valence electrons. The molecule has 0 aromatic heterocycles. The molecule has 1 aromatic carbocycles. The van der Waals surface area contributed by atoms with E-state index in [1.54, 1.807) is 17.0 Å². The van der Waals surface area contributed by atoms with Crippen LogP contribution in [0.5, 0.6) is 0 Å². The molecule has 1 aliphatic heterocycles. The van der Waals surface area contributed by atoms with Gasteiger partial charge < -0.3 is 10.0 Å². The molecule has 0 spiro atoms. The molecule has 1 N–H and O–H groups in total. The van der Waals surface area contributed by atoms with E-state index in [0.717, 1.165) is 12.0 Å². The molecule has 1 aromatic rings. The molecule has 18 heavy (non-hydrogen) atoms. The molecule has 3 nitrogen and oxygen atoms in total. The van der Waals surface area contributed by atoms with Crippen molar-refractivity contribution in [1.29, 1.82) is 0 Å². The van der Waals surface area contributed by atoms with Crippen molar-refractivity contribution < 1.29 is 9.90 Å². The minimum Gasteiger partial charge on any atom is -0.389 e. The van der Waals surface area contributed by atoms with Gasteiger partial charge in [-0.2, -0.15) is 0 Å². The van der Waals surface area contributed by atoms with E-state index in [2.05, 4.69) is 0 Å². The topological polar surface area (TPSA) is 40.5 Å². The lowest BCUT2D eigenvalue weighted by Crippen LogP contribution is -2.54. The summed E-state index contributed by atoms with van der Waals surface area (Å²) in [5.74, 6) is 0.368. The number of halogens is 2. The van der Waals surface area contributed by atoms with Gasteiger partial charge in [0.05, 0.1) is 6.10 Å². The van der Waals surface area contributed by atoms with Crippen LogP contribution in [0.1, 0.15) is 17.9 Å². The Kier molecular flexibility index (Phi) is 3.00. The zero-order chi connectivity index (χ0) is 12.9. The summed E-state index contributed by atoms with van der Waals surface area (Å²) in [6, 6.07) is 5.41. The molecule has 0 radical (unpaired) electrons. The first-order valence-electron chi connectivity index (χ1n) is 5.98. The Balaban J connectivity index is 1.68. The Morgan fingerprint density at radius 2 is 2.06 bits per heavy atom. The van der Waals surface area contributed by atoms with Crippen LogP contribution in [0.4, 0.5) is 0 Å². The number of amides is 1. The van der Waals surface area contributed by atoms with Gasteiger partial charge >= 0.3 is 0 Å². The van der Waals surface area contributed by atoms with Crippen LogP contribution in [0.3, 0.4) is 0 Å². The van der Waals surface area contributed by atoms with Gasteiger partial charge in [-0.25, -0.2) is 0 Å². The first kappa shape index (κ1) is 12.3. The molecule has 2 atom stereocenters. The van der Waals surface area contributed by atoms with E-state index in [1.165, 1.54) is 0 Å². The summed E-state index contributed by atoms with van der Waals surface area (Å²) in [6.45, 7) is 0.937. The molecule has 1 amide bonds. The second kappa shape index (κ2) is 4.41. The largest absolute Gasteiger partial charge is 0.389 e. The van der Waals surface area contributed by atoms with Crippen LogP contribution in [0, 0.1) is 5.92 Å². The summed E-state index contributed by atoms with van der Waals surface area (Å²) in [7, 11) is 0. The van der Waals surface area contributed by atoms with E-state index in [1.807, 2.05) is 6.07 Å². The minimum absolute atomic E-state index is 0.0242. The Morgan fingerprint density at radius 1 is 1.33 bits per heavy atom. The van der Waals surface area contributed by atoms with Crippen molar-refractivity contribution >= 4 is 29.1 Å². The molecule has 5 heteroatoms.